The third-order valence-corrected chi connectivity index (χ3v) is 16.0. The highest BCUT2D eigenvalue weighted by molar-refractivity contribution is 7.13. The molecule has 5 aliphatic rings. The molecule has 5 aliphatic heterocycles. The van der Waals surface area contributed by atoms with Gasteiger partial charge in [0.15, 0.2) is 5.82 Å². The first-order valence-corrected chi connectivity index (χ1v) is 28.4. The molecule has 6 aromatic rings. The van der Waals surface area contributed by atoms with E-state index in [1.54, 1.807) is 21.1 Å². The Balaban J connectivity index is 0.000000161. The van der Waals surface area contributed by atoms with Crippen molar-refractivity contribution in [1.29, 1.82) is 0 Å². The van der Waals surface area contributed by atoms with Crippen LogP contribution < -0.4 is 20.3 Å². The number of methoxy groups -OCH3 is 1. The number of rotatable bonds is 13. The number of pyridine rings is 1. The van der Waals surface area contributed by atoms with Crippen molar-refractivity contribution in [2.24, 2.45) is 5.92 Å². The number of nitrogens with zero attached hydrogens (tertiary/aromatic N) is 8. The van der Waals surface area contributed by atoms with Gasteiger partial charge in [-0.2, -0.15) is 9.97 Å². The third-order valence-electron chi connectivity index (χ3n) is 15.0. The van der Waals surface area contributed by atoms with E-state index >= 15 is 4.39 Å². The van der Waals surface area contributed by atoms with Crippen LogP contribution in [-0.4, -0.2) is 147 Å². The number of phenols is 1. The quantitative estimate of drug-likeness (QED) is 0.0635. The third kappa shape index (κ3) is 14.3. The molecule has 2 bridgehead atoms. The van der Waals surface area contributed by atoms with Crippen molar-refractivity contribution in [3.8, 4) is 45.8 Å². The van der Waals surface area contributed by atoms with Gasteiger partial charge in [0.25, 0.3) is 0 Å². The molecule has 0 radical (unpaired) electrons. The summed E-state index contributed by atoms with van der Waals surface area (Å²) in [6.45, 7) is 16.7. The van der Waals surface area contributed by atoms with Crippen LogP contribution in [-0.2, 0) is 14.4 Å². The fraction of sp³-hybridized carbons (Fsp3) is 0.483. The molecule has 5 saturated heterocycles. The average Bonchev–Trinajstić information content (AvgIpc) is 4.50. The van der Waals surface area contributed by atoms with Crippen molar-refractivity contribution in [3.63, 3.8) is 0 Å². The lowest BCUT2D eigenvalue weighted by Crippen LogP contribution is -2.51. The minimum atomic E-state index is -0.735. The van der Waals surface area contributed by atoms with Crippen LogP contribution in [0.15, 0.2) is 60.2 Å². The Morgan fingerprint density at radius 1 is 0.987 bits per heavy atom. The van der Waals surface area contributed by atoms with Crippen LogP contribution >= 0.6 is 11.3 Å². The first-order chi connectivity index (χ1) is 38.0. The number of benzene rings is 3. The Hall–Kier alpha value is -6.85. The number of terminal acetylenes is 1. The number of carbonyl (C=O) groups excluding carboxylic acids is 3. The largest absolute Gasteiger partial charge is 0.508 e. The first kappa shape index (κ1) is 58.3. The summed E-state index contributed by atoms with van der Waals surface area (Å²) in [5.41, 5.74) is 5.25. The SMILES string of the molecule is C#Cc1c(F)ccc2cc(O)cc(-c3ncc4c(N5CC6CCC(C5)N6)nc(OC)nc4c3F)c12.CC(C)C.Cc1ncsc1-c1ccc([C@H](C)NC=O)cc1.O=C(CN1C(=O)CCC1CCCN1CCCC1)N1CC[C@@H](O)C1. The Kier molecular flexibility index (Phi) is 19.8. The van der Waals surface area contributed by atoms with Gasteiger partial charge in [-0.15, -0.1) is 17.8 Å². The lowest BCUT2D eigenvalue weighted by molar-refractivity contribution is -0.139. The Morgan fingerprint density at radius 2 is 1.71 bits per heavy atom. The molecule has 19 heteroatoms. The number of fused-ring (bicyclic) bond motifs is 4. The van der Waals surface area contributed by atoms with Crippen molar-refractivity contribution < 1.29 is 38.1 Å². The summed E-state index contributed by atoms with van der Waals surface area (Å²) in [5.74, 6) is 2.36. The summed E-state index contributed by atoms with van der Waals surface area (Å²) in [6.07, 6.45) is 16.4. The second-order valence-electron chi connectivity index (χ2n) is 21.7. The number of thiazole rings is 1. The number of aryl methyl sites for hydroxylation is 1. The minimum Gasteiger partial charge on any atom is -0.508 e. The van der Waals surface area contributed by atoms with Crippen LogP contribution in [0.1, 0.15) is 108 Å². The van der Waals surface area contributed by atoms with Gasteiger partial charge in [0, 0.05) is 67.9 Å². The van der Waals surface area contributed by atoms with E-state index in [2.05, 4.69) is 79.2 Å². The van der Waals surface area contributed by atoms with Crippen LogP contribution in [0, 0.1) is 36.8 Å². The molecule has 11 rings (SSSR count). The summed E-state index contributed by atoms with van der Waals surface area (Å²) in [7, 11) is 1.43. The zero-order valence-corrected chi connectivity index (χ0v) is 47.0. The van der Waals surface area contributed by atoms with Gasteiger partial charge in [-0.25, -0.2) is 13.8 Å². The molecule has 3 amide bonds. The molecule has 79 heavy (non-hydrogen) atoms. The highest BCUT2D eigenvalue weighted by Crippen LogP contribution is 2.39. The van der Waals surface area contributed by atoms with E-state index in [1.807, 2.05) is 31.5 Å². The van der Waals surface area contributed by atoms with E-state index in [0.717, 1.165) is 75.3 Å². The monoisotopic (exact) mass is 1100 g/mol. The molecule has 3 aromatic carbocycles. The van der Waals surface area contributed by atoms with E-state index in [0.29, 0.717) is 54.6 Å². The maximum atomic E-state index is 16.1. The lowest BCUT2D eigenvalue weighted by Gasteiger charge is -2.34. The van der Waals surface area contributed by atoms with Crippen molar-refractivity contribution in [1.82, 2.24) is 45.3 Å². The second kappa shape index (κ2) is 26.9. The summed E-state index contributed by atoms with van der Waals surface area (Å²) in [4.78, 5) is 61.6. The first-order valence-electron chi connectivity index (χ1n) is 27.6. The number of ether oxygens (including phenoxy) is 1. The number of likely N-dealkylation sites (tertiary alicyclic amines) is 3. The van der Waals surface area contributed by atoms with Gasteiger partial charge in [-0.1, -0.05) is 57.0 Å². The second-order valence-corrected chi connectivity index (χ2v) is 22.6. The molecule has 4 N–H and O–H groups in total. The van der Waals surface area contributed by atoms with Gasteiger partial charge >= 0.3 is 6.01 Å². The maximum Gasteiger partial charge on any atom is 0.318 e. The number of phenolic OH excluding ortho intramolecular Hbond substituents is 1. The van der Waals surface area contributed by atoms with Crippen molar-refractivity contribution >= 4 is 57.1 Å². The fourth-order valence-electron chi connectivity index (χ4n) is 11.0. The number of amides is 3. The zero-order valence-electron chi connectivity index (χ0n) is 46.2. The van der Waals surface area contributed by atoms with Gasteiger partial charge in [0.1, 0.15) is 35.1 Å². The van der Waals surface area contributed by atoms with Gasteiger partial charge in [0.05, 0.1) is 46.3 Å². The van der Waals surface area contributed by atoms with E-state index < -0.39 is 17.7 Å². The van der Waals surface area contributed by atoms with Gasteiger partial charge in [-0.05, 0) is 125 Å². The van der Waals surface area contributed by atoms with Crippen LogP contribution in [0.2, 0.25) is 0 Å². The predicted octanol–water partition coefficient (Wildman–Crippen LogP) is 8.79. The number of nitrogens with one attached hydrogen (secondary N) is 2. The number of aromatic hydroxyl groups is 1. The molecular formula is C60H74F2N10O6S. The molecule has 0 aliphatic carbocycles. The number of hydrogen-bond acceptors (Lipinski definition) is 14. The number of aliphatic hydroxyl groups excluding tert-OH is 1. The van der Waals surface area contributed by atoms with Gasteiger partial charge in [0.2, 0.25) is 18.2 Å². The molecule has 8 heterocycles. The summed E-state index contributed by atoms with van der Waals surface area (Å²) >= 11 is 1.64. The average molecular weight is 1100 g/mol. The number of aliphatic hydroxyl groups is 1. The highest BCUT2D eigenvalue weighted by atomic mass is 32.1. The van der Waals surface area contributed by atoms with Gasteiger partial charge < -0.3 is 45.2 Å². The molecule has 0 saturated carbocycles. The summed E-state index contributed by atoms with van der Waals surface area (Å²) in [6, 6.07) is 14.7. The standard InChI is InChI=1S/C26H21F2N5O2.C17H29N3O3.C13H14N2OS.C4H10/c1-3-17-20(27)7-4-13-8-16(34)9-18(21(13)17)23-22(28)24-19(10-29-23)25(32-26(31-24)35-2)33-11-14-5-6-15(12-33)30-14;21-15-7-11-19(12-15)17(23)13-20-14(5-6-16(20)22)4-3-10-18-8-1-2-9-18;1-9(14-7-16)11-3-5-12(6-4-11)13-10(2)15-8-17-13;1-4(2)3/h1,4,7-10,14-15,30,34H,5-6,11-12H2,2H3;14-15,21H,1-13H2;3-9H,1-2H3,(H,14,16);4H,1-3H3/t;14?,15-;9-;/m.10./s1. The maximum absolute atomic E-state index is 16.1. The molecule has 3 aromatic heterocycles. The van der Waals surface area contributed by atoms with Crippen LogP contribution in [0.25, 0.3) is 43.4 Å². The van der Waals surface area contributed by atoms with Crippen LogP contribution in [0.3, 0.4) is 0 Å². The molecule has 5 atom stereocenters. The van der Waals surface area contributed by atoms with E-state index in [4.69, 9.17) is 11.2 Å². The Labute approximate surface area is 466 Å². The number of hydrogen-bond donors (Lipinski definition) is 4. The highest BCUT2D eigenvalue weighted by Gasteiger charge is 2.36. The lowest BCUT2D eigenvalue weighted by atomic mass is 9.96. The summed E-state index contributed by atoms with van der Waals surface area (Å²) in [5, 5.41) is 27.4. The minimum absolute atomic E-state index is 0.0126. The summed E-state index contributed by atoms with van der Waals surface area (Å²) < 4.78 is 35.9. The Bertz CT molecular complexity index is 3110. The molecule has 420 valence electrons. The number of piperazine rings is 1. The number of β-amino-alcohol motifs (C(OH)–C–C–N with tert-alkyl or cyclic N) is 1. The van der Waals surface area contributed by atoms with E-state index in [-0.39, 0.29) is 69.9 Å². The number of halogens is 2. The van der Waals surface area contributed by atoms with Crippen LogP contribution in [0.4, 0.5) is 14.6 Å². The van der Waals surface area contributed by atoms with E-state index in [1.165, 1.54) is 73.9 Å². The normalized spacial score (nSPS) is 20.1. The number of aromatic nitrogens is 4. The molecule has 0 spiro atoms. The van der Waals surface area contributed by atoms with E-state index in [9.17, 15) is 29.0 Å². The number of carbonyl (C=O) groups is 3. The van der Waals surface area contributed by atoms with Gasteiger partial charge in [-0.3, -0.25) is 19.4 Å². The molecule has 5 fully saturated rings. The zero-order chi connectivity index (χ0) is 56.3. The van der Waals surface area contributed by atoms with Crippen LogP contribution in [0.5, 0.6) is 11.8 Å². The van der Waals surface area contributed by atoms with Crippen molar-refractivity contribution in [2.45, 2.75) is 123 Å². The fourth-order valence-corrected chi connectivity index (χ4v) is 11.9. The molecule has 3 unspecified atom stereocenters. The smallest absolute Gasteiger partial charge is 0.318 e. The predicted molar refractivity (Wildman–Crippen MR) is 306 cm³/mol. The Morgan fingerprint density at radius 3 is 2.34 bits per heavy atom. The molecular weight excluding hydrogens is 1030 g/mol. The van der Waals surface area contributed by atoms with Crippen molar-refractivity contribution in [3.05, 3.63) is 88.7 Å². The number of anilines is 1. The topological polar surface area (TPSA) is 189 Å². The molecule has 16 nitrogen and oxygen atoms in total. The van der Waals surface area contributed by atoms with Crippen molar-refractivity contribution in [2.75, 3.05) is 64.4 Å².